The number of anilines is 1. The molecule has 8 N–H and O–H groups in total. The second-order valence-electron chi connectivity index (χ2n) is 4.73. The Morgan fingerprint density at radius 3 is 2.55 bits per heavy atom. The third-order valence-corrected chi connectivity index (χ3v) is 3.20. The number of carbonyl (C=O) groups is 2. The second kappa shape index (κ2) is 5.92. The van der Waals surface area contributed by atoms with Crippen LogP contribution < -0.4 is 11.1 Å². The molecule has 2 aromatic rings. The molecule has 0 saturated carbocycles. The van der Waals surface area contributed by atoms with E-state index in [0.717, 1.165) is 0 Å². The minimum Gasteiger partial charge on any atom is -0.504 e. The first-order chi connectivity index (χ1) is 10.3. The third-order valence-electron chi connectivity index (χ3n) is 3.20. The van der Waals surface area contributed by atoms with Gasteiger partial charge in [0, 0.05) is 18.0 Å². The van der Waals surface area contributed by atoms with Gasteiger partial charge in [-0.25, -0.2) is 4.79 Å². The van der Waals surface area contributed by atoms with Crippen LogP contribution in [0, 0.1) is 0 Å². The van der Waals surface area contributed by atoms with Crippen LogP contribution in [0.2, 0.25) is 0 Å². The highest BCUT2D eigenvalue weighted by molar-refractivity contribution is 5.94. The number of nitrogens with one attached hydrogen (secondary N) is 2. The number of aliphatic hydroxyl groups excluding tert-OH is 1. The summed E-state index contributed by atoms with van der Waals surface area (Å²) in [4.78, 5) is 24.2. The lowest BCUT2D eigenvalue weighted by Crippen LogP contribution is -2.32. The number of benzene rings is 1. The summed E-state index contributed by atoms with van der Waals surface area (Å²) in [5, 5.41) is 39.6. The quantitative estimate of drug-likeness (QED) is 0.280. The summed E-state index contributed by atoms with van der Waals surface area (Å²) in [5.41, 5.74) is 6.40. The van der Waals surface area contributed by atoms with Crippen LogP contribution in [-0.4, -0.2) is 49.6 Å². The molecule has 22 heavy (non-hydrogen) atoms. The lowest BCUT2D eigenvalue weighted by molar-refractivity contribution is -0.145. The van der Waals surface area contributed by atoms with Gasteiger partial charge in [0.1, 0.15) is 6.04 Å². The van der Waals surface area contributed by atoms with Crippen molar-refractivity contribution in [3.8, 4) is 5.75 Å². The number of aliphatic carboxylic acids is 2. The molecule has 9 nitrogen and oxygen atoms in total. The summed E-state index contributed by atoms with van der Waals surface area (Å²) >= 11 is 0. The Morgan fingerprint density at radius 1 is 1.27 bits per heavy atom. The van der Waals surface area contributed by atoms with Crippen LogP contribution in [-0.2, 0) is 16.0 Å². The molecule has 0 bridgehead atoms. The molecule has 0 amide bonds. The highest BCUT2D eigenvalue weighted by atomic mass is 16.4. The maximum absolute atomic E-state index is 10.8. The van der Waals surface area contributed by atoms with Gasteiger partial charge in [-0.05, 0) is 11.6 Å². The van der Waals surface area contributed by atoms with Gasteiger partial charge in [-0.2, -0.15) is 0 Å². The normalized spacial score (nSPS) is 13.7. The third kappa shape index (κ3) is 2.95. The lowest BCUT2D eigenvalue weighted by Gasteiger charge is -2.12. The van der Waals surface area contributed by atoms with Gasteiger partial charge < -0.3 is 36.5 Å². The Hall–Kier alpha value is -2.78. The highest BCUT2D eigenvalue weighted by Crippen LogP contribution is 2.34. The van der Waals surface area contributed by atoms with Crippen molar-refractivity contribution in [2.24, 2.45) is 5.73 Å². The molecule has 1 aromatic heterocycles. The van der Waals surface area contributed by atoms with E-state index in [1.54, 1.807) is 6.07 Å². The number of aliphatic hydroxyl groups is 1. The van der Waals surface area contributed by atoms with Crippen LogP contribution in [0.4, 0.5) is 5.69 Å². The van der Waals surface area contributed by atoms with E-state index in [1.165, 1.54) is 12.3 Å². The van der Waals surface area contributed by atoms with Crippen molar-refractivity contribution in [2.75, 3.05) is 5.32 Å². The van der Waals surface area contributed by atoms with Crippen molar-refractivity contribution in [2.45, 2.75) is 18.7 Å². The van der Waals surface area contributed by atoms with Crippen LogP contribution >= 0.6 is 0 Å². The number of hydrogen-bond acceptors (Lipinski definition) is 6. The Morgan fingerprint density at radius 2 is 1.95 bits per heavy atom. The number of H-pyrrole nitrogens is 1. The molecule has 0 fully saturated rings. The second-order valence-corrected chi connectivity index (χ2v) is 4.73. The predicted octanol–water partition coefficient (Wildman–Crippen LogP) is -0.357. The van der Waals surface area contributed by atoms with E-state index in [-0.39, 0.29) is 23.4 Å². The summed E-state index contributed by atoms with van der Waals surface area (Å²) in [6.07, 6.45) is -0.276. The summed E-state index contributed by atoms with van der Waals surface area (Å²) < 4.78 is 0. The number of hydrogen-bond donors (Lipinski definition) is 7. The molecule has 0 spiro atoms. The number of carboxylic acid groups (broad SMARTS) is 2. The van der Waals surface area contributed by atoms with Gasteiger partial charge in [0.25, 0.3) is 0 Å². The maximum Gasteiger partial charge on any atom is 0.353 e. The Labute approximate surface area is 124 Å². The van der Waals surface area contributed by atoms with Crippen molar-refractivity contribution in [3.05, 3.63) is 23.9 Å². The fourth-order valence-electron chi connectivity index (χ4n) is 2.06. The number of aromatic amines is 1. The van der Waals surface area contributed by atoms with E-state index in [4.69, 9.17) is 15.9 Å². The number of phenols is 1. The highest BCUT2D eigenvalue weighted by Gasteiger charge is 2.19. The van der Waals surface area contributed by atoms with Crippen LogP contribution in [0.3, 0.4) is 0 Å². The average Bonchev–Trinajstić information content (AvgIpc) is 2.85. The van der Waals surface area contributed by atoms with Crippen molar-refractivity contribution in [1.82, 2.24) is 4.98 Å². The molecule has 118 valence electrons. The van der Waals surface area contributed by atoms with Crippen LogP contribution in [0.25, 0.3) is 10.9 Å². The van der Waals surface area contributed by atoms with Gasteiger partial charge in [0.15, 0.2) is 5.75 Å². The van der Waals surface area contributed by atoms with Crippen molar-refractivity contribution < 1.29 is 30.0 Å². The number of phenolic OH excluding ortho intramolecular Hbond substituents is 1. The smallest absolute Gasteiger partial charge is 0.353 e. The molecular weight excluding hydrogens is 294 g/mol. The molecule has 0 radical (unpaired) electrons. The molecule has 0 unspecified atom stereocenters. The topological polar surface area (TPSA) is 169 Å². The average molecular weight is 309 g/mol. The van der Waals surface area contributed by atoms with Gasteiger partial charge >= 0.3 is 11.9 Å². The fourth-order valence-corrected chi connectivity index (χ4v) is 2.06. The number of carboxylic acids is 2. The van der Waals surface area contributed by atoms with Crippen LogP contribution in [0.1, 0.15) is 5.56 Å². The van der Waals surface area contributed by atoms with E-state index in [1.807, 2.05) is 0 Å². The molecular formula is C13H15N3O6. The molecule has 0 aliphatic heterocycles. The zero-order valence-corrected chi connectivity index (χ0v) is 11.3. The molecule has 0 aliphatic carbocycles. The van der Waals surface area contributed by atoms with Crippen LogP contribution in [0.5, 0.6) is 5.75 Å². The Bertz CT molecular complexity index is 726. The number of rotatable bonds is 6. The van der Waals surface area contributed by atoms with Gasteiger partial charge in [0.05, 0.1) is 11.2 Å². The predicted molar refractivity (Wildman–Crippen MR) is 76.5 cm³/mol. The molecule has 1 aromatic carbocycles. The van der Waals surface area contributed by atoms with E-state index < -0.39 is 24.2 Å². The summed E-state index contributed by atoms with van der Waals surface area (Å²) in [6, 6.07) is 1.87. The first-order valence-electron chi connectivity index (χ1n) is 6.29. The first kappa shape index (κ1) is 15.6. The van der Waals surface area contributed by atoms with Crippen molar-refractivity contribution >= 4 is 28.5 Å². The largest absolute Gasteiger partial charge is 0.504 e. The first-order valence-corrected chi connectivity index (χ1v) is 6.29. The summed E-state index contributed by atoms with van der Waals surface area (Å²) in [7, 11) is 0. The monoisotopic (exact) mass is 309 g/mol. The Balaban J connectivity index is 2.34. The van der Waals surface area contributed by atoms with Gasteiger partial charge in [0.2, 0.25) is 6.23 Å². The molecule has 0 aliphatic rings. The number of nitrogens with two attached hydrogens (primary N) is 1. The van der Waals surface area contributed by atoms with E-state index >= 15 is 0 Å². The summed E-state index contributed by atoms with van der Waals surface area (Å²) in [6.45, 7) is 0. The Kier molecular flexibility index (Phi) is 4.20. The molecule has 0 saturated heterocycles. The van der Waals surface area contributed by atoms with Gasteiger partial charge in [-0.1, -0.05) is 6.07 Å². The van der Waals surface area contributed by atoms with Crippen molar-refractivity contribution in [1.29, 1.82) is 0 Å². The molecule has 2 atom stereocenters. The minimum atomic E-state index is -1.86. The fraction of sp³-hybridized carbons (Fsp3) is 0.231. The molecule has 2 rings (SSSR count). The standard InChI is InChI=1S/C13H15N3O6/c14-7(12(19)20)3-5-4-15-9-6(5)1-2-8(10(9)17)16-11(18)13(21)22/h1-2,4,7,11,15-18H,3,14H2,(H,19,20)(H,21,22)/t7-,11-/m0/s1. The minimum absolute atomic E-state index is 0.0262. The van der Waals surface area contributed by atoms with E-state index in [2.05, 4.69) is 10.3 Å². The number of aromatic nitrogens is 1. The van der Waals surface area contributed by atoms with Gasteiger partial charge in [-0.3, -0.25) is 4.79 Å². The van der Waals surface area contributed by atoms with Crippen molar-refractivity contribution in [3.63, 3.8) is 0 Å². The van der Waals surface area contributed by atoms with E-state index in [0.29, 0.717) is 10.9 Å². The SMILES string of the molecule is N[C@@H](Cc1c[nH]c2c(O)c(N[C@@H](O)C(=O)O)ccc12)C(=O)O. The zero-order chi connectivity index (χ0) is 16.4. The lowest BCUT2D eigenvalue weighted by atomic mass is 10.0. The number of fused-ring (bicyclic) bond motifs is 1. The van der Waals surface area contributed by atoms with E-state index in [9.17, 15) is 19.8 Å². The molecule has 1 heterocycles. The van der Waals surface area contributed by atoms with Crippen LogP contribution in [0.15, 0.2) is 18.3 Å². The number of aromatic hydroxyl groups is 1. The van der Waals surface area contributed by atoms with Gasteiger partial charge in [-0.15, -0.1) is 0 Å². The zero-order valence-electron chi connectivity index (χ0n) is 11.3. The maximum atomic E-state index is 10.8. The summed E-state index contributed by atoms with van der Waals surface area (Å²) in [5.74, 6) is -2.91. The molecule has 9 heteroatoms.